The third-order valence-electron chi connectivity index (χ3n) is 4.16. The van der Waals surface area contributed by atoms with Crippen molar-refractivity contribution in [3.63, 3.8) is 0 Å². The van der Waals surface area contributed by atoms with Crippen molar-refractivity contribution >= 4 is 15.9 Å². The second-order valence-electron chi connectivity index (χ2n) is 5.52. The summed E-state index contributed by atoms with van der Waals surface area (Å²) in [7, 11) is 0. The molecule has 17 heavy (non-hydrogen) atoms. The van der Waals surface area contributed by atoms with E-state index in [1.165, 1.54) is 55.4 Å². The summed E-state index contributed by atoms with van der Waals surface area (Å²) in [6, 6.07) is 8.91. The van der Waals surface area contributed by atoms with Gasteiger partial charge in [-0.25, -0.2) is 0 Å². The van der Waals surface area contributed by atoms with Crippen LogP contribution in [-0.2, 0) is 0 Å². The Bertz CT molecular complexity index is 367. The SMILES string of the molecule is Brc1ccc([C@H]2C[C@H]2CN2CCCCC2)cc1. The fraction of sp³-hybridized carbons (Fsp3) is 0.600. The first-order valence-electron chi connectivity index (χ1n) is 6.81. The fourth-order valence-corrected chi connectivity index (χ4v) is 3.31. The highest BCUT2D eigenvalue weighted by Gasteiger charge is 2.39. The summed E-state index contributed by atoms with van der Waals surface area (Å²) in [4.78, 5) is 2.67. The van der Waals surface area contributed by atoms with Crippen molar-refractivity contribution < 1.29 is 0 Å². The van der Waals surface area contributed by atoms with E-state index in [9.17, 15) is 0 Å². The molecule has 0 radical (unpaired) electrons. The van der Waals surface area contributed by atoms with Crippen LogP contribution >= 0.6 is 15.9 Å². The van der Waals surface area contributed by atoms with Crippen molar-refractivity contribution in [1.82, 2.24) is 4.90 Å². The lowest BCUT2D eigenvalue weighted by molar-refractivity contribution is 0.219. The average molecular weight is 294 g/mol. The molecule has 0 unspecified atom stereocenters. The molecule has 1 nitrogen and oxygen atoms in total. The first-order valence-corrected chi connectivity index (χ1v) is 7.60. The molecule has 2 heteroatoms. The molecule has 1 aliphatic carbocycles. The van der Waals surface area contributed by atoms with Crippen LogP contribution in [0.25, 0.3) is 0 Å². The molecule has 2 fully saturated rings. The summed E-state index contributed by atoms with van der Waals surface area (Å²) >= 11 is 3.50. The van der Waals surface area contributed by atoms with Crippen molar-refractivity contribution in [1.29, 1.82) is 0 Å². The summed E-state index contributed by atoms with van der Waals surface area (Å²) in [5.41, 5.74) is 1.54. The van der Waals surface area contributed by atoms with Gasteiger partial charge in [0.05, 0.1) is 0 Å². The highest BCUT2D eigenvalue weighted by Crippen LogP contribution is 2.48. The normalized spacial score (nSPS) is 29.2. The maximum atomic E-state index is 3.50. The molecular weight excluding hydrogens is 274 g/mol. The van der Waals surface area contributed by atoms with Crippen LogP contribution in [-0.4, -0.2) is 24.5 Å². The van der Waals surface area contributed by atoms with Crippen LogP contribution in [0.1, 0.15) is 37.2 Å². The van der Waals surface area contributed by atoms with Gasteiger partial charge in [-0.15, -0.1) is 0 Å². The molecule has 2 aliphatic rings. The van der Waals surface area contributed by atoms with Crippen LogP contribution in [0.5, 0.6) is 0 Å². The summed E-state index contributed by atoms with van der Waals surface area (Å²) in [6.45, 7) is 4.01. The fourth-order valence-electron chi connectivity index (χ4n) is 3.04. The smallest absolute Gasteiger partial charge is 0.0175 e. The standard InChI is InChI=1S/C15H20BrN/c16-14-6-4-12(5-7-14)15-10-13(15)11-17-8-2-1-3-9-17/h4-7,13,15H,1-3,8-11H2/t13-,15+/m0/s1. The van der Waals surface area contributed by atoms with Gasteiger partial charge in [-0.3, -0.25) is 0 Å². The van der Waals surface area contributed by atoms with Gasteiger partial charge in [0.2, 0.25) is 0 Å². The van der Waals surface area contributed by atoms with Crippen LogP contribution in [0.4, 0.5) is 0 Å². The van der Waals surface area contributed by atoms with Crippen molar-refractivity contribution in [2.75, 3.05) is 19.6 Å². The lowest BCUT2D eigenvalue weighted by atomic mass is 10.1. The van der Waals surface area contributed by atoms with Crippen molar-refractivity contribution in [3.8, 4) is 0 Å². The monoisotopic (exact) mass is 293 g/mol. The molecule has 0 spiro atoms. The molecular formula is C15H20BrN. The second-order valence-corrected chi connectivity index (χ2v) is 6.43. The zero-order valence-electron chi connectivity index (χ0n) is 10.2. The number of likely N-dealkylation sites (tertiary alicyclic amines) is 1. The van der Waals surface area contributed by atoms with Crippen molar-refractivity contribution in [3.05, 3.63) is 34.3 Å². The molecule has 0 aromatic heterocycles. The lowest BCUT2D eigenvalue weighted by Gasteiger charge is -2.26. The molecule has 1 aromatic carbocycles. The van der Waals surface area contributed by atoms with Crippen molar-refractivity contribution in [2.45, 2.75) is 31.6 Å². The van der Waals surface area contributed by atoms with Gasteiger partial charge in [0.1, 0.15) is 0 Å². The van der Waals surface area contributed by atoms with Crippen LogP contribution in [0.2, 0.25) is 0 Å². The third-order valence-corrected chi connectivity index (χ3v) is 4.69. The number of benzene rings is 1. The zero-order chi connectivity index (χ0) is 11.7. The zero-order valence-corrected chi connectivity index (χ0v) is 11.8. The number of halogens is 1. The van der Waals surface area contributed by atoms with E-state index in [2.05, 4.69) is 45.1 Å². The van der Waals surface area contributed by atoms with Gasteiger partial charge < -0.3 is 4.90 Å². The summed E-state index contributed by atoms with van der Waals surface area (Å²) in [6.07, 6.45) is 5.67. The van der Waals surface area contributed by atoms with E-state index in [4.69, 9.17) is 0 Å². The molecule has 0 amide bonds. The second kappa shape index (κ2) is 5.11. The maximum absolute atomic E-state index is 3.50. The minimum absolute atomic E-state index is 0.838. The van der Waals surface area contributed by atoms with Crippen molar-refractivity contribution in [2.24, 2.45) is 5.92 Å². The van der Waals surface area contributed by atoms with E-state index in [0.717, 1.165) is 11.8 Å². The Balaban J connectivity index is 1.53. The number of nitrogens with zero attached hydrogens (tertiary/aromatic N) is 1. The quantitative estimate of drug-likeness (QED) is 0.813. The Morgan fingerprint density at radius 3 is 2.47 bits per heavy atom. The van der Waals surface area contributed by atoms with E-state index >= 15 is 0 Å². The third kappa shape index (κ3) is 2.92. The Kier molecular flexibility index (Phi) is 3.53. The predicted octanol–water partition coefficient (Wildman–Crippen LogP) is 4.04. The van der Waals surface area contributed by atoms with E-state index in [-0.39, 0.29) is 0 Å². The number of rotatable bonds is 3. The molecule has 2 atom stereocenters. The number of hydrogen-bond donors (Lipinski definition) is 0. The van der Waals surface area contributed by atoms with Gasteiger partial charge in [0.15, 0.2) is 0 Å². The molecule has 1 aromatic rings. The maximum Gasteiger partial charge on any atom is 0.0175 e. The molecule has 1 saturated carbocycles. The van der Waals surface area contributed by atoms with Gasteiger partial charge >= 0.3 is 0 Å². The molecule has 0 bridgehead atoms. The van der Waals surface area contributed by atoms with Crippen LogP contribution in [0.15, 0.2) is 28.7 Å². The Morgan fingerprint density at radius 2 is 1.76 bits per heavy atom. The Hall–Kier alpha value is -0.340. The number of hydrogen-bond acceptors (Lipinski definition) is 1. The molecule has 1 saturated heterocycles. The van der Waals surface area contributed by atoms with Crippen LogP contribution in [0.3, 0.4) is 0 Å². The average Bonchev–Trinajstić information content (AvgIpc) is 3.11. The lowest BCUT2D eigenvalue weighted by Crippen LogP contribution is -2.31. The molecule has 1 heterocycles. The van der Waals surface area contributed by atoms with Gasteiger partial charge in [-0.2, -0.15) is 0 Å². The first-order chi connectivity index (χ1) is 8.33. The van der Waals surface area contributed by atoms with Gasteiger partial charge in [-0.05, 0) is 61.9 Å². The van der Waals surface area contributed by atoms with Gasteiger partial charge in [0.25, 0.3) is 0 Å². The summed E-state index contributed by atoms with van der Waals surface area (Å²) in [5.74, 6) is 1.76. The summed E-state index contributed by atoms with van der Waals surface area (Å²) < 4.78 is 1.19. The largest absolute Gasteiger partial charge is 0.303 e. The molecule has 0 N–H and O–H groups in total. The van der Waals surface area contributed by atoms with E-state index in [0.29, 0.717) is 0 Å². The van der Waals surface area contributed by atoms with Gasteiger partial charge in [0, 0.05) is 11.0 Å². The first kappa shape index (κ1) is 11.7. The van der Waals surface area contributed by atoms with Crippen LogP contribution < -0.4 is 0 Å². The molecule has 1 aliphatic heterocycles. The van der Waals surface area contributed by atoms with E-state index < -0.39 is 0 Å². The summed E-state index contributed by atoms with van der Waals surface area (Å²) in [5, 5.41) is 0. The minimum atomic E-state index is 0.838. The number of piperidine rings is 1. The predicted molar refractivity (Wildman–Crippen MR) is 75.3 cm³/mol. The highest BCUT2D eigenvalue weighted by molar-refractivity contribution is 9.10. The van der Waals surface area contributed by atoms with Crippen LogP contribution in [0, 0.1) is 5.92 Å². The van der Waals surface area contributed by atoms with E-state index in [1.54, 1.807) is 0 Å². The Morgan fingerprint density at radius 1 is 1.06 bits per heavy atom. The minimum Gasteiger partial charge on any atom is -0.303 e. The topological polar surface area (TPSA) is 3.24 Å². The Labute approximate surface area is 112 Å². The molecule has 92 valence electrons. The molecule has 3 rings (SSSR count). The van der Waals surface area contributed by atoms with E-state index in [1.807, 2.05) is 0 Å². The highest BCUT2D eigenvalue weighted by atomic mass is 79.9. The van der Waals surface area contributed by atoms with Gasteiger partial charge in [-0.1, -0.05) is 34.5 Å².